The zero-order valence-electron chi connectivity index (χ0n) is 8.00. The summed E-state index contributed by atoms with van der Waals surface area (Å²) >= 11 is 5.68. The molecule has 0 radical (unpaired) electrons. The Morgan fingerprint density at radius 3 is 2.77 bits per heavy atom. The maximum atomic E-state index is 5.68. The molecule has 0 fully saturated rings. The van der Waals surface area contributed by atoms with E-state index in [1.165, 1.54) is 0 Å². The van der Waals surface area contributed by atoms with Crippen LogP contribution in [0.3, 0.4) is 0 Å². The first-order valence-electron chi connectivity index (χ1n) is 4.37. The molecule has 0 saturated carbocycles. The van der Waals surface area contributed by atoms with Gasteiger partial charge in [-0.1, -0.05) is 0 Å². The van der Waals surface area contributed by atoms with Crippen molar-refractivity contribution in [2.75, 3.05) is 23.9 Å². The topological polar surface area (TPSA) is 29.0 Å². The number of alkyl halides is 1. The lowest BCUT2D eigenvalue weighted by atomic mass is 10.4. The lowest BCUT2D eigenvalue weighted by molar-refractivity contribution is 0.842. The van der Waals surface area contributed by atoms with Crippen LogP contribution in [0.25, 0.3) is 0 Å². The smallest absolute Gasteiger partial charge is 0.132 e. The van der Waals surface area contributed by atoms with E-state index in [2.05, 4.69) is 21.8 Å². The molecule has 1 heterocycles. The van der Waals surface area contributed by atoms with Crippen LogP contribution < -0.4 is 4.90 Å². The van der Waals surface area contributed by atoms with Crippen LogP contribution in [0.5, 0.6) is 0 Å². The summed E-state index contributed by atoms with van der Waals surface area (Å²) in [4.78, 5) is 10.4. The second kappa shape index (κ2) is 5.02. The molecule has 0 N–H and O–H groups in total. The quantitative estimate of drug-likeness (QED) is 0.694. The first-order chi connectivity index (χ1) is 6.27. The van der Waals surface area contributed by atoms with Gasteiger partial charge >= 0.3 is 0 Å². The summed E-state index contributed by atoms with van der Waals surface area (Å²) in [6.07, 6.45) is 1.58. The molecule has 72 valence electrons. The first kappa shape index (κ1) is 10.3. The van der Waals surface area contributed by atoms with Gasteiger partial charge in [0, 0.05) is 30.7 Å². The number of halogens is 1. The molecule has 1 aromatic heterocycles. The zero-order chi connectivity index (χ0) is 9.68. The molecular weight excluding hydrogens is 186 g/mol. The van der Waals surface area contributed by atoms with Crippen molar-refractivity contribution in [3.05, 3.63) is 18.1 Å². The van der Waals surface area contributed by atoms with Crippen molar-refractivity contribution in [1.29, 1.82) is 0 Å². The standard InChI is InChI=1S/C9H14ClN3/c1-3-13(5-4-10)9-6-8(2)11-7-12-9/h6-7H,3-5H2,1-2H3. The van der Waals surface area contributed by atoms with Gasteiger partial charge in [0.15, 0.2) is 0 Å². The molecule has 13 heavy (non-hydrogen) atoms. The largest absolute Gasteiger partial charge is 0.356 e. The summed E-state index contributed by atoms with van der Waals surface area (Å²) in [6.45, 7) is 5.79. The number of aryl methyl sites for hydroxylation is 1. The van der Waals surface area contributed by atoms with Crippen molar-refractivity contribution >= 4 is 17.4 Å². The van der Waals surface area contributed by atoms with Gasteiger partial charge in [-0.05, 0) is 13.8 Å². The highest BCUT2D eigenvalue weighted by atomic mass is 35.5. The Kier molecular flexibility index (Phi) is 3.96. The summed E-state index contributed by atoms with van der Waals surface area (Å²) in [6, 6.07) is 1.97. The fraction of sp³-hybridized carbons (Fsp3) is 0.556. The van der Waals surface area contributed by atoms with Crippen molar-refractivity contribution in [2.24, 2.45) is 0 Å². The molecule has 0 amide bonds. The highest BCUT2D eigenvalue weighted by Crippen LogP contribution is 2.09. The lowest BCUT2D eigenvalue weighted by Crippen LogP contribution is -2.25. The monoisotopic (exact) mass is 199 g/mol. The number of hydrogen-bond donors (Lipinski definition) is 0. The Bertz CT molecular complexity index is 265. The number of anilines is 1. The van der Waals surface area contributed by atoms with Gasteiger partial charge in [-0.2, -0.15) is 0 Å². The van der Waals surface area contributed by atoms with Crippen LogP contribution in [-0.2, 0) is 0 Å². The van der Waals surface area contributed by atoms with E-state index in [0.717, 1.165) is 24.6 Å². The number of aromatic nitrogens is 2. The van der Waals surface area contributed by atoms with Crippen LogP contribution in [0.2, 0.25) is 0 Å². The molecule has 1 aromatic rings. The molecule has 0 saturated heterocycles. The second-order valence-electron chi connectivity index (χ2n) is 2.79. The minimum Gasteiger partial charge on any atom is -0.356 e. The Morgan fingerprint density at radius 1 is 1.46 bits per heavy atom. The molecule has 0 aliphatic carbocycles. The first-order valence-corrected chi connectivity index (χ1v) is 4.91. The summed E-state index contributed by atoms with van der Waals surface area (Å²) in [7, 11) is 0. The normalized spacial score (nSPS) is 10.1. The van der Waals surface area contributed by atoms with E-state index in [0.29, 0.717) is 5.88 Å². The second-order valence-corrected chi connectivity index (χ2v) is 3.16. The van der Waals surface area contributed by atoms with Gasteiger partial charge in [0.25, 0.3) is 0 Å². The van der Waals surface area contributed by atoms with Gasteiger partial charge in [-0.15, -0.1) is 11.6 Å². The molecule has 4 heteroatoms. The van der Waals surface area contributed by atoms with Gasteiger partial charge in [0.1, 0.15) is 12.1 Å². The van der Waals surface area contributed by atoms with Crippen LogP contribution in [-0.4, -0.2) is 28.9 Å². The third kappa shape index (κ3) is 2.84. The average molecular weight is 200 g/mol. The highest BCUT2D eigenvalue weighted by molar-refractivity contribution is 6.18. The van der Waals surface area contributed by atoms with Crippen LogP contribution in [0, 0.1) is 6.92 Å². The fourth-order valence-electron chi connectivity index (χ4n) is 1.15. The van der Waals surface area contributed by atoms with Crippen LogP contribution in [0.4, 0.5) is 5.82 Å². The Balaban J connectivity index is 2.78. The molecule has 3 nitrogen and oxygen atoms in total. The van der Waals surface area contributed by atoms with E-state index < -0.39 is 0 Å². The third-order valence-electron chi connectivity index (χ3n) is 1.85. The number of rotatable bonds is 4. The number of nitrogens with zero attached hydrogens (tertiary/aromatic N) is 3. The SMILES string of the molecule is CCN(CCCl)c1cc(C)ncn1. The zero-order valence-corrected chi connectivity index (χ0v) is 8.75. The van der Waals surface area contributed by atoms with E-state index in [1.807, 2.05) is 13.0 Å². The van der Waals surface area contributed by atoms with Crippen LogP contribution in [0.1, 0.15) is 12.6 Å². The van der Waals surface area contributed by atoms with Gasteiger partial charge in [-0.3, -0.25) is 0 Å². The van der Waals surface area contributed by atoms with Gasteiger partial charge in [0.05, 0.1) is 0 Å². The van der Waals surface area contributed by atoms with Gasteiger partial charge in [0.2, 0.25) is 0 Å². The van der Waals surface area contributed by atoms with E-state index in [-0.39, 0.29) is 0 Å². The average Bonchev–Trinajstić information content (AvgIpc) is 2.14. The van der Waals surface area contributed by atoms with E-state index >= 15 is 0 Å². The van der Waals surface area contributed by atoms with E-state index in [9.17, 15) is 0 Å². The highest BCUT2D eigenvalue weighted by Gasteiger charge is 2.04. The van der Waals surface area contributed by atoms with Crippen molar-refractivity contribution in [2.45, 2.75) is 13.8 Å². The molecule has 0 unspecified atom stereocenters. The summed E-state index contributed by atoms with van der Waals surface area (Å²) < 4.78 is 0. The fourth-order valence-corrected chi connectivity index (χ4v) is 1.35. The molecule has 0 atom stereocenters. The minimum atomic E-state index is 0.622. The van der Waals surface area contributed by atoms with Crippen molar-refractivity contribution in [1.82, 2.24) is 9.97 Å². The van der Waals surface area contributed by atoms with Crippen molar-refractivity contribution in [3.63, 3.8) is 0 Å². The molecule has 0 aliphatic heterocycles. The minimum absolute atomic E-state index is 0.622. The van der Waals surface area contributed by atoms with E-state index in [4.69, 9.17) is 11.6 Å². The van der Waals surface area contributed by atoms with Crippen molar-refractivity contribution < 1.29 is 0 Å². The molecule has 0 bridgehead atoms. The Morgan fingerprint density at radius 2 is 2.23 bits per heavy atom. The molecule has 0 aromatic carbocycles. The van der Waals surface area contributed by atoms with Crippen LogP contribution in [0.15, 0.2) is 12.4 Å². The Labute approximate surface area is 83.8 Å². The van der Waals surface area contributed by atoms with Crippen molar-refractivity contribution in [3.8, 4) is 0 Å². The van der Waals surface area contributed by atoms with Crippen LogP contribution >= 0.6 is 11.6 Å². The van der Waals surface area contributed by atoms with E-state index in [1.54, 1.807) is 6.33 Å². The maximum absolute atomic E-state index is 5.68. The third-order valence-corrected chi connectivity index (χ3v) is 2.02. The summed E-state index contributed by atoms with van der Waals surface area (Å²) in [5.41, 5.74) is 0.984. The molecule has 0 spiro atoms. The molecule has 0 aliphatic rings. The summed E-state index contributed by atoms with van der Waals surface area (Å²) in [5, 5.41) is 0. The lowest BCUT2D eigenvalue weighted by Gasteiger charge is -2.20. The maximum Gasteiger partial charge on any atom is 0.132 e. The predicted octanol–water partition coefficient (Wildman–Crippen LogP) is 1.85. The molecular formula is C9H14ClN3. The predicted molar refractivity (Wildman–Crippen MR) is 55.4 cm³/mol. The Hall–Kier alpha value is -0.830. The number of hydrogen-bond acceptors (Lipinski definition) is 3. The van der Waals surface area contributed by atoms with Gasteiger partial charge in [-0.25, -0.2) is 9.97 Å². The molecule has 1 rings (SSSR count). The summed E-state index contributed by atoms with van der Waals surface area (Å²) in [5.74, 6) is 1.58. The van der Waals surface area contributed by atoms with Gasteiger partial charge < -0.3 is 4.90 Å².